The van der Waals surface area contributed by atoms with Crippen LogP contribution in [0.3, 0.4) is 0 Å². The van der Waals surface area contributed by atoms with Crippen LogP contribution in [0, 0.1) is 5.82 Å². The first-order chi connectivity index (χ1) is 8.74. The molecule has 0 unspecified atom stereocenters. The topological polar surface area (TPSA) is 12.0 Å². The van der Waals surface area contributed by atoms with Gasteiger partial charge in [0.1, 0.15) is 5.82 Å². The van der Waals surface area contributed by atoms with Crippen LogP contribution in [0.5, 0.6) is 0 Å². The minimum absolute atomic E-state index is 0.224. The zero-order valence-electron chi connectivity index (χ0n) is 11.1. The normalized spacial score (nSPS) is 10.8. The molecule has 0 fully saturated rings. The molecule has 1 N–H and O–H groups in total. The van der Waals surface area contributed by atoms with Gasteiger partial charge in [0.25, 0.3) is 0 Å². The third-order valence-electron chi connectivity index (χ3n) is 3.04. The van der Waals surface area contributed by atoms with Crippen LogP contribution in [0.1, 0.15) is 51.0 Å². The summed E-state index contributed by atoms with van der Waals surface area (Å²) in [5.74, 6) is -0.224. The Balaban J connectivity index is 2.07. The molecule has 1 rings (SSSR count). The van der Waals surface area contributed by atoms with Crippen LogP contribution in [-0.4, -0.2) is 6.54 Å². The molecular formula is C15H23ClFN. The zero-order valence-corrected chi connectivity index (χ0v) is 11.9. The summed E-state index contributed by atoms with van der Waals surface area (Å²) in [7, 11) is 0. The fraction of sp³-hybridized carbons (Fsp3) is 0.600. The molecule has 0 saturated carbocycles. The van der Waals surface area contributed by atoms with E-state index in [0.29, 0.717) is 17.1 Å². The number of unbranched alkanes of at least 4 members (excludes halogenated alkanes) is 5. The van der Waals surface area contributed by atoms with Crippen LogP contribution in [0.15, 0.2) is 18.2 Å². The Labute approximate surface area is 115 Å². The molecule has 0 aliphatic carbocycles. The highest BCUT2D eigenvalue weighted by Gasteiger charge is 2.01. The Morgan fingerprint density at radius 2 is 1.83 bits per heavy atom. The number of halogens is 2. The largest absolute Gasteiger partial charge is 0.313 e. The fourth-order valence-corrected chi connectivity index (χ4v) is 2.08. The zero-order chi connectivity index (χ0) is 13.2. The van der Waals surface area contributed by atoms with Gasteiger partial charge in [0.05, 0.1) is 0 Å². The van der Waals surface area contributed by atoms with Crippen LogP contribution in [-0.2, 0) is 6.54 Å². The highest BCUT2D eigenvalue weighted by molar-refractivity contribution is 6.30. The molecule has 0 atom stereocenters. The van der Waals surface area contributed by atoms with E-state index < -0.39 is 0 Å². The van der Waals surface area contributed by atoms with Crippen LogP contribution >= 0.6 is 11.6 Å². The molecule has 1 nitrogen and oxygen atoms in total. The molecular weight excluding hydrogens is 249 g/mol. The Bertz CT molecular complexity index is 341. The molecule has 0 saturated heterocycles. The van der Waals surface area contributed by atoms with Crippen LogP contribution < -0.4 is 5.32 Å². The highest BCUT2D eigenvalue weighted by Crippen LogP contribution is 2.14. The van der Waals surface area contributed by atoms with Gasteiger partial charge in [0.15, 0.2) is 0 Å². The van der Waals surface area contributed by atoms with Crippen molar-refractivity contribution in [1.29, 1.82) is 0 Å². The summed E-state index contributed by atoms with van der Waals surface area (Å²) < 4.78 is 13.4. The van der Waals surface area contributed by atoms with Gasteiger partial charge in [0.2, 0.25) is 0 Å². The van der Waals surface area contributed by atoms with Gasteiger partial charge in [-0.2, -0.15) is 0 Å². The molecule has 0 bridgehead atoms. The Hall–Kier alpha value is -0.600. The van der Waals surface area contributed by atoms with E-state index in [0.717, 1.165) is 6.54 Å². The second-order valence-electron chi connectivity index (χ2n) is 4.68. The summed E-state index contributed by atoms with van der Waals surface area (Å²) in [6, 6.07) is 4.83. The smallest absolute Gasteiger partial charge is 0.129 e. The molecule has 0 amide bonds. The second-order valence-corrected chi connectivity index (χ2v) is 5.12. The van der Waals surface area contributed by atoms with Crippen LogP contribution in [0.25, 0.3) is 0 Å². The van der Waals surface area contributed by atoms with Gasteiger partial charge in [-0.1, -0.05) is 56.7 Å². The molecule has 1 aromatic carbocycles. The van der Waals surface area contributed by atoms with Gasteiger partial charge in [-0.15, -0.1) is 0 Å². The molecule has 0 radical (unpaired) electrons. The van der Waals surface area contributed by atoms with Crippen molar-refractivity contribution < 1.29 is 4.39 Å². The van der Waals surface area contributed by atoms with Gasteiger partial charge in [-0.25, -0.2) is 4.39 Å². The van der Waals surface area contributed by atoms with Crippen molar-refractivity contribution in [2.24, 2.45) is 0 Å². The van der Waals surface area contributed by atoms with Crippen molar-refractivity contribution in [2.75, 3.05) is 6.54 Å². The van der Waals surface area contributed by atoms with Gasteiger partial charge in [-0.3, -0.25) is 0 Å². The van der Waals surface area contributed by atoms with Crippen molar-refractivity contribution in [3.05, 3.63) is 34.6 Å². The van der Waals surface area contributed by atoms with Crippen LogP contribution in [0.4, 0.5) is 4.39 Å². The highest BCUT2D eigenvalue weighted by atomic mass is 35.5. The van der Waals surface area contributed by atoms with Crippen molar-refractivity contribution in [2.45, 2.75) is 52.0 Å². The van der Waals surface area contributed by atoms with Gasteiger partial charge in [-0.05, 0) is 25.1 Å². The number of hydrogen-bond donors (Lipinski definition) is 1. The minimum atomic E-state index is -0.224. The van der Waals surface area contributed by atoms with Crippen molar-refractivity contribution >= 4 is 11.6 Å². The number of nitrogens with one attached hydrogen (secondary N) is 1. The summed E-state index contributed by atoms with van der Waals surface area (Å²) in [6.45, 7) is 3.76. The standard InChI is InChI=1S/C15H23ClFN/c1-2-3-4-5-6-7-10-18-12-13-8-9-14(16)11-15(13)17/h8-9,11,18H,2-7,10,12H2,1H3. The van der Waals surface area contributed by atoms with Gasteiger partial charge < -0.3 is 5.32 Å². The lowest BCUT2D eigenvalue weighted by Crippen LogP contribution is -2.15. The van der Waals surface area contributed by atoms with Crippen LogP contribution in [0.2, 0.25) is 5.02 Å². The maximum absolute atomic E-state index is 13.4. The minimum Gasteiger partial charge on any atom is -0.313 e. The molecule has 0 aromatic heterocycles. The number of rotatable bonds is 9. The van der Waals surface area contributed by atoms with Gasteiger partial charge >= 0.3 is 0 Å². The van der Waals surface area contributed by atoms with E-state index >= 15 is 0 Å². The van der Waals surface area contributed by atoms with E-state index in [1.54, 1.807) is 12.1 Å². The van der Waals surface area contributed by atoms with E-state index in [1.807, 2.05) is 0 Å². The van der Waals surface area contributed by atoms with E-state index in [4.69, 9.17) is 11.6 Å². The maximum atomic E-state index is 13.4. The lowest BCUT2D eigenvalue weighted by Gasteiger charge is -2.06. The first kappa shape index (κ1) is 15.5. The van der Waals surface area contributed by atoms with Crippen molar-refractivity contribution in [1.82, 2.24) is 5.32 Å². The average Bonchev–Trinajstić information content (AvgIpc) is 2.35. The predicted octanol–water partition coefficient (Wildman–Crippen LogP) is 4.93. The first-order valence-corrected chi connectivity index (χ1v) is 7.26. The molecule has 0 aliphatic rings. The van der Waals surface area contributed by atoms with E-state index in [-0.39, 0.29) is 5.82 Å². The van der Waals surface area contributed by atoms with E-state index in [1.165, 1.54) is 44.6 Å². The summed E-state index contributed by atoms with van der Waals surface area (Å²) >= 11 is 5.70. The molecule has 3 heteroatoms. The summed E-state index contributed by atoms with van der Waals surface area (Å²) in [5.41, 5.74) is 0.686. The molecule has 18 heavy (non-hydrogen) atoms. The summed E-state index contributed by atoms with van der Waals surface area (Å²) in [4.78, 5) is 0. The molecule has 102 valence electrons. The first-order valence-electron chi connectivity index (χ1n) is 6.88. The molecule has 0 spiro atoms. The third kappa shape index (κ3) is 6.36. The SMILES string of the molecule is CCCCCCCCNCc1ccc(Cl)cc1F. The quantitative estimate of drug-likeness (QED) is 0.628. The summed E-state index contributed by atoms with van der Waals surface area (Å²) in [6.07, 6.45) is 7.69. The third-order valence-corrected chi connectivity index (χ3v) is 3.27. The Morgan fingerprint density at radius 1 is 1.11 bits per heavy atom. The fourth-order valence-electron chi connectivity index (χ4n) is 1.92. The lowest BCUT2D eigenvalue weighted by atomic mass is 10.1. The lowest BCUT2D eigenvalue weighted by molar-refractivity contribution is 0.556. The predicted molar refractivity (Wildman–Crippen MR) is 76.5 cm³/mol. The molecule has 0 heterocycles. The van der Waals surface area contributed by atoms with E-state index in [2.05, 4.69) is 12.2 Å². The number of hydrogen-bond acceptors (Lipinski definition) is 1. The Morgan fingerprint density at radius 3 is 2.56 bits per heavy atom. The second kappa shape index (κ2) is 9.35. The van der Waals surface area contributed by atoms with Gasteiger partial charge in [0, 0.05) is 17.1 Å². The molecule has 0 aliphatic heterocycles. The number of benzene rings is 1. The van der Waals surface area contributed by atoms with E-state index in [9.17, 15) is 4.39 Å². The Kier molecular flexibility index (Phi) is 8.03. The average molecular weight is 272 g/mol. The molecule has 1 aromatic rings. The summed E-state index contributed by atoms with van der Waals surface area (Å²) in [5, 5.41) is 3.72. The van der Waals surface area contributed by atoms with Crippen molar-refractivity contribution in [3.8, 4) is 0 Å². The monoisotopic (exact) mass is 271 g/mol. The maximum Gasteiger partial charge on any atom is 0.129 e. The van der Waals surface area contributed by atoms with Crippen molar-refractivity contribution in [3.63, 3.8) is 0 Å².